The Morgan fingerprint density at radius 1 is 1.25 bits per heavy atom. The normalized spacial score (nSPS) is 22.2. The summed E-state index contributed by atoms with van der Waals surface area (Å²) in [4.78, 5) is 16.5. The molecule has 4 rings (SSSR count). The van der Waals surface area contributed by atoms with E-state index in [1.165, 1.54) is 50.3 Å². The zero-order chi connectivity index (χ0) is 13.5. The first-order chi connectivity index (χ1) is 9.79. The Kier molecular flexibility index (Phi) is 3.21. The molecule has 0 radical (unpaired) electrons. The second-order valence-electron chi connectivity index (χ2n) is 6.33. The number of hydrogen-bond acceptors (Lipinski definition) is 4. The molecule has 1 aromatic rings. The Bertz CT molecular complexity index is 493. The molecule has 0 aliphatic heterocycles. The van der Waals surface area contributed by atoms with E-state index in [4.69, 9.17) is 0 Å². The van der Waals surface area contributed by atoms with Gasteiger partial charge in [-0.05, 0) is 50.4 Å². The van der Waals surface area contributed by atoms with Gasteiger partial charge in [0.05, 0.1) is 5.75 Å². The minimum atomic E-state index is 0.136. The first-order valence-electron chi connectivity index (χ1n) is 7.64. The van der Waals surface area contributed by atoms with Crippen LogP contribution in [-0.2, 0) is 4.79 Å². The van der Waals surface area contributed by atoms with E-state index in [0.29, 0.717) is 22.9 Å². The van der Waals surface area contributed by atoms with Gasteiger partial charge in [0.1, 0.15) is 5.82 Å². The maximum atomic E-state index is 12.0. The summed E-state index contributed by atoms with van der Waals surface area (Å²) < 4.78 is 0. The molecule has 3 aliphatic rings. The lowest BCUT2D eigenvalue weighted by Crippen LogP contribution is -2.39. The Morgan fingerprint density at radius 2 is 1.95 bits per heavy atom. The third kappa shape index (κ3) is 3.00. The predicted octanol–water partition coefficient (Wildman–Crippen LogP) is 2.08. The topological polar surface area (TPSA) is 70.7 Å². The number of H-pyrrole nitrogens is 1. The fourth-order valence-electron chi connectivity index (χ4n) is 2.75. The molecule has 0 bridgehead atoms. The molecule has 2 N–H and O–H groups in total. The lowest BCUT2D eigenvalue weighted by atomic mass is 10.1. The SMILES string of the molecule is O=C(CSc1n[nH]c(C2CC2)n1)NC(C1CC1)C1CC1. The van der Waals surface area contributed by atoms with Gasteiger partial charge in [-0.25, -0.2) is 4.98 Å². The maximum absolute atomic E-state index is 12.0. The zero-order valence-electron chi connectivity index (χ0n) is 11.5. The van der Waals surface area contributed by atoms with E-state index in [-0.39, 0.29) is 5.91 Å². The van der Waals surface area contributed by atoms with Gasteiger partial charge in [-0.2, -0.15) is 0 Å². The molecule has 1 heterocycles. The Hall–Kier alpha value is -1.04. The van der Waals surface area contributed by atoms with Gasteiger partial charge in [-0.3, -0.25) is 9.89 Å². The number of amides is 1. The Labute approximate surface area is 122 Å². The summed E-state index contributed by atoms with van der Waals surface area (Å²) in [6.45, 7) is 0. The van der Waals surface area contributed by atoms with Crippen LogP contribution in [0.5, 0.6) is 0 Å². The summed E-state index contributed by atoms with van der Waals surface area (Å²) in [5.41, 5.74) is 0. The molecule has 1 amide bonds. The van der Waals surface area contributed by atoms with Crippen molar-refractivity contribution in [3.05, 3.63) is 5.82 Å². The van der Waals surface area contributed by atoms with Crippen molar-refractivity contribution in [3.8, 4) is 0 Å². The summed E-state index contributed by atoms with van der Waals surface area (Å²) in [6.07, 6.45) is 7.59. The molecular formula is C14H20N4OS. The monoisotopic (exact) mass is 292 g/mol. The highest BCUT2D eigenvalue weighted by atomic mass is 32.2. The van der Waals surface area contributed by atoms with Crippen molar-refractivity contribution in [3.63, 3.8) is 0 Å². The van der Waals surface area contributed by atoms with Crippen LogP contribution < -0.4 is 5.32 Å². The van der Waals surface area contributed by atoms with Crippen molar-refractivity contribution in [2.75, 3.05) is 5.75 Å². The van der Waals surface area contributed by atoms with Crippen molar-refractivity contribution in [2.24, 2.45) is 11.8 Å². The highest BCUT2D eigenvalue weighted by Crippen LogP contribution is 2.44. The molecule has 108 valence electrons. The van der Waals surface area contributed by atoms with Gasteiger partial charge >= 0.3 is 0 Å². The maximum Gasteiger partial charge on any atom is 0.230 e. The van der Waals surface area contributed by atoms with E-state index >= 15 is 0 Å². The quantitative estimate of drug-likeness (QED) is 0.755. The van der Waals surface area contributed by atoms with Crippen LogP contribution >= 0.6 is 11.8 Å². The molecule has 3 aliphatic carbocycles. The van der Waals surface area contributed by atoms with E-state index in [1.54, 1.807) is 0 Å². The predicted molar refractivity (Wildman–Crippen MR) is 76.5 cm³/mol. The van der Waals surface area contributed by atoms with Crippen LogP contribution in [-0.4, -0.2) is 32.9 Å². The van der Waals surface area contributed by atoms with Crippen LogP contribution in [0.1, 0.15) is 50.3 Å². The van der Waals surface area contributed by atoms with Crippen LogP contribution in [0.25, 0.3) is 0 Å². The summed E-state index contributed by atoms with van der Waals surface area (Å²) in [7, 11) is 0. The number of carbonyl (C=O) groups is 1. The lowest BCUT2D eigenvalue weighted by Gasteiger charge is -2.17. The molecular weight excluding hydrogens is 272 g/mol. The molecule has 0 atom stereocenters. The second-order valence-corrected chi connectivity index (χ2v) is 7.28. The third-order valence-electron chi connectivity index (χ3n) is 4.37. The number of thioether (sulfide) groups is 1. The van der Waals surface area contributed by atoms with Crippen molar-refractivity contribution in [1.29, 1.82) is 0 Å². The smallest absolute Gasteiger partial charge is 0.230 e. The van der Waals surface area contributed by atoms with Gasteiger partial charge in [0.2, 0.25) is 11.1 Å². The molecule has 0 spiro atoms. The number of nitrogens with zero attached hydrogens (tertiary/aromatic N) is 2. The molecule has 3 saturated carbocycles. The highest BCUT2D eigenvalue weighted by Gasteiger charge is 2.42. The molecule has 0 unspecified atom stereocenters. The van der Waals surface area contributed by atoms with E-state index in [0.717, 1.165) is 17.7 Å². The van der Waals surface area contributed by atoms with Crippen molar-refractivity contribution >= 4 is 17.7 Å². The molecule has 0 saturated heterocycles. The minimum absolute atomic E-state index is 0.136. The number of aromatic amines is 1. The summed E-state index contributed by atoms with van der Waals surface area (Å²) in [5, 5.41) is 11.1. The number of hydrogen-bond donors (Lipinski definition) is 2. The first kappa shape index (κ1) is 12.7. The largest absolute Gasteiger partial charge is 0.352 e. The van der Waals surface area contributed by atoms with Gasteiger partial charge in [-0.15, -0.1) is 5.10 Å². The minimum Gasteiger partial charge on any atom is -0.352 e. The summed E-state index contributed by atoms with van der Waals surface area (Å²) >= 11 is 1.44. The van der Waals surface area contributed by atoms with Gasteiger partial charge in [0.25, 0.3) is 0 Å². The highest BCUT2D eigenvalue weighted by molar-refractivity contribution is 7.99. The molecule has 1 aromatic heterocycles. The summed E-state index contributed by atoms with van der Waals surface area (Å²) in [6, 6.07) is 0.442. The van der Waals surface area contributed by atoms with E-state index < -0.39 is 0 Å². The molecule has 0 aromatic carbocycles. The van der Waals surface area contributed by atoms with Gasteiger partial charge < -0.3 is 5.32 Å². The van der Waals surface area contributed by atoms with Crippen LogP contribution in [0, 0.1) is 11.8 Å². The number of nitrogens with one attached hydrogen (secondary N) is 2. The zero-order valence-corrected chi connectivity index (χ0v) is 12.3. The van der Waals surface area contributed by atoms with E-state index in [1.807, 2.05) is 0 Å². The fourth-order valence-corrected chi connectivity index (χ4v) is 3.37. The average molecular weight is 292 g/mol. The van der Waals surface area contributed by atoms with Crippen LogP contribution in [0.15, 0.2) is 5.16 Å². The molecule has 3 fully saturated rings. The van der Waals surface area contributed by atoms with Crippen LogP contribution in [0.4, 0.5) is 0 Å². The molecule has 20 heavy (non-hydrogen) atoms. The molecule has 5 nitrogen and oxygen atoms in total. The molecule has 6 heteroatoms. The van der Waals surface area contributed by atoms with Gasteiger partial charge in [0.15, 0.2) is 0 Å². The lowest BCUT2D eigenvalue weighted by molar-refractivity contribution is -0.119. The van der Waals surface area contributed by atoms with Crippen molar-refractivity contribution < 1.29 is 4.79 Å². The fraction of sp³-hybridized carbons (Fsp3) is 0.786. The van der Waals surface area contributed by atoms with Crippen LogP contribution in [0.2, 0.25) is 0 Å². The van der Waals surface area contributed by atoms with Crippen molar-refractivity contribution in [2.45, 2.75) is 55.6 Å². The Balaban J connectivity index is 1.26. The van der Waals surface area contributed by atoms with E-state index in [9.17, 15) is 4.79 Å². The third-order valence-corrected chi connectivity index (χ3v) is 5.21. The number of rotatable bonds is 7. The number of aromatic nitrogens is 3. The first-order valence-corrected chi connectivity index (χ1v) is 8.62. The number of carbonyl (C=O) groups excluding carboxylic acids is 1. The van der Waals surface area contributed by atoms with Crippen molar-refractivity contribution in [1.82, 2.24) is 20.5 Å². The average Bonchev–Trinajstić information content (AvgIpc) is 3.31. The van der Waals surface area contributed by atoms with Gasteiger partial charge in [0, 0.05) is 12.0 Å². The van der Waals surface area contributed by atoms with Gasteiger partial charge in [-0.1, -0.05) is 11.8 Å². The van der Waals surface area contributed by atoms with E-state index in [2.05, 4.69) is 20.5 Å². The standard InChI is InChI=1S/C14H20N4OS/c19-11(15-12(8-1-2-8)9-3-4-9)7-20-14-16-13(17-18-14)10-5-6-10/h8-10,12H,1-7H2,(H,15,19)(H,16,17,18). The summed E-state index contributed by atoms with van der Waals surface area (Å²) in [5.74, 6) is 3.64. The Morgan fingerprint density at radius 3 is 2.55 bits per heavy atom. The second kappa shape index (κ2) is 5.06. The van der Waals surface area contributed by atoms with Crippen LogP contribution in [0.3, 0.4) is 0 Å².